The molecule has 3 aliphatic rings. The first-order valence-corrected chi connectivity index (χ1v) is 24.0. The van der Waals surface area contributed by atoms with Crippen molar-refractivity contribution in [1.29, 1.82) is 0 Å². The molecule has 2 saturated carbocycles. The Morgan fingerprint density at radius 2 is 1.09 bits per heavy atom. The van der Waals surface area contributed by atoms with Gasteiger partial charge in [0.15, 0.2) is 0 Å². The molecule has 0 radical (unpaired) electrons. The zero-order valence-electron chi connectivity index (χ0n) is 38.3. The summed E-state index contributed by atoms with van der Waals surface area (Å²) >= 11 is 5.89. The summed E-state index contributed by atoms with van der Waals surface area (Å²) in [6.45, 7) is 4.83. The number of carbonyl (C=O) groups is 4. The molecule has 5 aromatic rings. The van der Waals surface area contributed by atoms with E-state index in [-0.39, 0.29) is 42.2 Å². The lowest BCUT2D eigenvalue weighted by Gasteiger charge is -2.37. The van der Waals surface area contributed by atoms with Crippen molar-refractivity contribution in [2.75, 3.05) is 40.3 Å². The van der Waals surface area contributed by atoms with Crippen molar-refractivity contribution in [3.63, 3.8) is 0 Å². The number of amides is 4. The van der Waals surface area contributed by atoms with Crippen molar-refractivity contribution in [1.82, 2.24) is 10.6 Å². The lowest BCUT2D eigenvalue weighted by atomic mass is 9.93. The van der Waals surface area contributed by atoms with Gasteiger partial charge in [-0.25, -0.2) is 8.78 Å². The van der Waals surface area contributed by atoms with Crippen molar-refractivity contribution in [2.45, 2.75) is 102 Å². The van der Waals surface area contributed by atoms with E-state index in [1.165, 1.54) is 53.0 Å². The number of alkyl halides is 1. The fourth-order valence-electron chi connectivity index (χ4n) is 9.46. The molecule has 0 bridgehead atoms. The highest BCUT2D eigenvalue weighted by atomic mass is 35.5. The van der Waals surface area contributed by atoms with Gasteiger partial charge in [0.2, 0.25) is 23.6 Å². The number of nitrogens with one attached hydrogen (secondary N) is 2. The van der Waals surface area contributed by atoms with Gasteiger partial charge in [0.05, 0.1) is 18.8 Å². The molecule has 0 aromatic heterocycles. The molecule has 1 heterocycles. The van der Waals surface area contributed by atoms with Crippen LogP contribution >= 0.6 is 11.6 Å². The monoisotopic (exact) mass is 931 g/mol. The summed E-state index contributed by atoms with van der Waals surface area (Å²) in [6.07, 6.45) is 10.3. The molecule has 2 unspecified atom stereocenters. The second-order valence-corrected chi connectivity index (χ2v) is 17.8. The molecule has 5 aromatic carbocycles. The van der Waals surface area contributed by atoms with E-state index in [4.69, 9.17) is 16.3 Å². The van der Waals surface area contributed by atoms with Gasteiger partial charge in [-0.15, -0.1) is 11.6 Å². The predicted octanol–water partition coefficient (Wildman–Crippen LogP) is 10.5. The van der Waals surface area contributed by atoms with E-state index < -0.39 is 29.6 Å². The van der Waals surface area contributed by atoms with Gasteiger partial charge in [0.1, 0.15) is 42.0 Å². The smallest absolute Gasteiger partial charge is 0.248 e. The number of para-hydroxylation sites is 2. The Bertz CT molecular complexity index is 2490. The number of carbonyl (C=O) groups excluding carboxylic acids is 4. The number of anilines is 3. The number of ether oxygens (including phenoxy) is 1. The number of benzene rings is 5. The van der Waals surface area contributed by atoms with Gasteiger partial charge >= 0.3 is 0 Å². The van der Waals surface area contributed by atoms with Gasteiger partial charge < -0.3 is 20.3 Å². The second kappa shape index (κ2) is 23.5. The normalized spacial score (nSPS) is 15.9. The van der Waals surface area contributed by atoms with E-state index in [1.807, 2.05) is 91.5 Å². The molecule has 352 valence electrons. The Balaban J connectivity index is 0.000000207. The molecular weight excluding hydrogens is 872 g/mol. The Morgan fingerprint density at radius 1 is 0.627 bits per heavy atom. The Kier molecular flexibility index (Phi) is 17.0. The minimum Gasteiger partial charge on any atom is -0.490 e. The number of fused-ring (bicyclic) bond motifs is 1. The first-order chi connectivity index (χ1) is 32.5. The molecule has 0 spiro atoms. The van der Waals surface area contributed by atoms with Crippen LogP contribution in [0.5, 0.6) is 5.75 Å². The number of halogens is 3. The van der Waals surface area contributed by atoms with E-state index in [9.17, 15) is 28.0 Å². The molecule has 2 N–H and O–H groups in total. The van der Waals surface area contributed by atoms with Crippen LogP contribution in [0, 0.1) is 25.5 Å². The number of rotatable bonds is 13. The maximum absolute atomic E-state index is 14.5. The van der Waals surface area contributed by atoms with Crippen LogP contribution in [-0.4, -0.2) is 61.3 Å². The molecule has 2 fully saturated rings. The number of nitrogens with zero attached hydrogens (tertiary/aromatic N) is 3. The van der Waals surface area contributed by atoms with E-state index in [2.05, 4.69) is 10.6 Å². The molecule has 0 saturated heterocycles. The Hall–Kier alpha value is -6.27. The average Bonchev–Trinajstić information content (AvgIpc) is 3.33. The van der Waals surface area contributed by atoms with Crippen LogP contribution in [0.3, 0.4) is 0 Å². The molecule has 10 nitrogen and oxygen atoms in total. The van der Waals surface area contributed by atoms with Crippen LogP contribution in [0.1, 0.15) is 98.5 Å². The second-order valence-electron chi connectivity index (χ2n) is 17.6. The molecule has 2 atom stereocenters. The SMILES string of the molecule is Cc1ccccc1C(C(=O)NC1CCCCC1)N(C(=O)CCl)c1cccc(F)c1.Cc1ccccc1C(C(=O)NC1CCCCC1)N(C(=O)CN1CCOc2ccccc21)c1cccc(F)c1. The van der Waals surface area contributed by atoms with Crippen molar-refractivity contribution in [3.05, 3.63) is 155 Å². The number of hydrogen-bond donors (Lipinski definition) is 2. The fourth-order valence-corrected chi connectivity index (χ4v) is 9.59. The topological polar surface area (TPSA) is 111 Å². The Morgan fingerprint density at radius 3 is 1.57 bits per heavy atom. The quantitative estimate of drug-likeness (QED) is 0.114. The van der Waals surface area contributed by atoms with Crippen molar-refractivity contribution in [2.24, 2.45) is 0 Å². The van der Waals surface area contributed by atoms with Crippen LogP contribution in [-0.2, 0) is 19.2 Å². The van der Waals surface area contributed by atoms with Gasteiger partial charge in [-0.1, -0.05) is 111 Å². The van der Waals surface area contributed by atoms with Crippen LogP contribution in [0.15, 0.2) is 121 Å². The molecule has 8 rings (SSSR count). The maximum Gasteiger partial charge on any atom is 0.248 e. The van der Waals surface area contributed by atoms with Crippen LogP contribution in [0.2, 0.25) is 0 Å². The fraction of sp³-hybridized carbons (Fsp3) is 0.370. The van der Waals surface area contributed by atoms with Crippen LogP contribution < -0.4 is 30.1 Å². The van der Waals surface area contributed by atoms with Gasteiger partial charge in [-0.2, -0.15) is 0 Å². The number of aryl methyl sites for hydroxylation is 2. The summed E-state index contributed by atoms with van der Waals surface area (Å²) in [6, 6.07) is 32.5. The minimum atomic E-state index is -0.941. The molecule has 67 heavy (non-hydrogen) atoms. The maximum atomic E-state index is 14.5. The van der Waals surface area contributed by atoms with Crippen molar-refractivity contribution in [3.8, 4) is 5.75 Å². The van der Waals surface area contributed by atoms with Crippen molar-refractivity contribution < 1.29 is 32.7 Å². The molecular formula is C54H60ClF2N5O5. The zero-order valence-corrected chi connectivity index (χ0v) is 39.0. The highest BCUT2D eigenvalue weighted by molar-refractivity contribution is 6.30. The van der Waals surface area contributed by atoms with E-state index in [0.29, 0.717) is 35.8 Å². The third kappa shape index (κ3) is 12.4. The van der Waals surface area contributed by atoms with E-state index in [0.717, 1.165) is 73.7 Å². The standard InChI is InChI=1S/C31H34FN3O3.C23H26ClFN2O2/c1-22-10-5-6-15-26(22)30(31(37)33-24-12-3-2-4-13-24)35(25-14-9-11-23(32)20-25)29(36)21-34-18-19-38-28-17-8-7-16-27(28)34;1-16-8-5-6-13-20(16)22(23(29)26-18-10-3-2-4-11-18)27(21(28)15-24)19-12-7-9-17(25)14-19/h5-11,14-17,20,24,30H,2-4,12-13,18-19,21H2,1H3,(H,33,37);5-9,12-14,18,22H,2-4,10-11,15H2,1H3,(H,26,29). The summed E-state index contributed by atoms with van der Waals surface area (Å²) in [5, 5.41) is 6.34. The molecule has 13 heteroatoms. The zero-order chi connectivity index (χ0) is 47.3. The highest BCUT2D eigenvalue weighted by Crippen LogP contribution is 2.35. The van der Waals surface area contributed by atoms with Crippen LogP contribution in [0.25, 0.3) is 0 Å². The molecule has 1 aliphatic heterocycles. The summed E-state index contributed by atoms with van der Waals surface area (Å²) in [5.74, 6) is -1.80. The van der Waals surface area contributed by atoms with Gasteiger partial charge in [0, 0.05) is 23.5 Å². The first kappa shape index (κ1) is 48.7. The average molecular weight is 933 g/mol. The van der Waals surface area contributed by atoms with Crippen LogP contribution in [0.4, 0.5) is 25.8 Å². The largest absolute Gasteiger partial charge is 0.490 e. The summed E-state index contributed by atoms with van der Waals surface area (Å²) in [7, 11) is 0. The molecule has 4 amide bonds. The summed E-state index contributed by atoms with van der Waals surface area (Å²) in [5.41, 5.74) is 4.67. The third-order valence-corrected chi connectivity index (χ3v) is 13.1. The van der Waals surface area contributed by atoms with Gasteiger partial charge in [-0.05, 0) is 110 Å². The summed E-state index contributed by atoms with van der Waals surface area (Å²) < 4.78 is 34.2. The van der Waals surface area contributed by atoms with E-state index in [1.54, 1.807) is 18.2 Å². The minimum absolute atomic E-state index is 0.0238. The third-order valence-electron chi connectivity index (χ3n) is 12.9. The highest BCUT2D eigenvalue weighted by Gasteiger charge is 2.37. The first-order valence-electron chi connectivity index (χ1n) is 23.4. The lowest BCUT2D eigenvalue weighted by Crippen LogP contribution is -2.50. The Labute approximate surface area is 397 Å². The summed E-state index contributed by atoms with van der Waals surface area (Å²) in [4.78, 5) is 59.3. The van der Waals surface area contributed by atoms with Crippen molar-refractivity contribution >= 4 is 52.3 Å². The van der Waals surface area contributed by atoms with Gasteiger partial charge in [-0.3, -0.25) is 29.0 Å². The lowest BCUT2D eigenvalue weighted by molar-refractivity contribution is -0.127. The number of hydrogen-bond acceptors (Lipinski definition) is 6. The van der Waals surface area contributed by atoms with Gasteiger partial charge in [0.25, 0.3) is 0 Å². The molecule has 2 aliphatic carbocycles. The van der Waals surface area contributed by atoms with E-state index >= 15 is 0 Å². The predicted molar refractivity (Wildman–Crippen MR) is 261 cm³/mol.